The second-order valence-electron chi connectivity index (χ2n) is 4.14. The number of nitrogens with two attached hydrogens (primary N) is 2. The quantitative estimate of drug-likeness (QED) is 0.762. The van der Waals surface area contributed by atoms with Gasteiger partial charge >= 0.3 is 0 Å². The first-order valence-electron chi connectivity index (χ1n) is 5.94. The number of carbonyl (C=O) groups is 2. The van der Waals surface area contributed by atoms with Gasteiger partial charge < -0.3 is 16.4 Å². The fraction of sp³-hybridized carbons (Fsp3) is 0.417. The van der Waals surface area contributed by atoms with Crippen molar-refractivity contribution in [1.82, 2.24) is 9.88 Å². The third kappa shape index (κ3) is 4.40. The van der Waals surface area contributed by atoms with Gasteiger partial charge in [-0.05, 0) is 12.5 Å². The molecule has 0 fully saturated rings. The van der Waals surface area contributed by atoms with Crippen molar-refractivity contribution in [1.29, 1.82) is 0 Å². The van der Waals surface area contributed by atoms with Gasteiger partial charge in [0.2, 0.25) is 5.91 Å². The van der Waals surface area contributed by atoms with E-state index in [0.717, 1.165) is 12.8 Å². The summed E-state index contributed by atoms with van der Waals surface area (Å²) in [6.45, 7) is 2.29. The zero-order valence-corrected chi connectivity index (χ0v) is 11.5. The molecule has 0 atom stereocenters. The van der Waals surface area contributed by atoms with E-state index in [4.69, 9.17) is 23.1 Å². The van der Waals surface area contributed by atoms with Crippen LogP contribution in [0.1, 0.15) is 30.1 Å². The number of hydrogen-bond donors (Lipinski definition) is 2. The molecule has 19 heavy (non-hydrogen) atoms. The molecule has 1 rings (SSSR count). The molecular weight excluding hydrogens is 268 g/mol. The average molecular weight is 285 g/mol. The molecule has 0 unspecified atom stereocenters. The molecular formula is C12H17ClN4O2. The minimum Gasteiger partial charge on any atom is -0.397 e. The first-order chi connectivity index (χ1) is 8.95. The van der Waals surface area contributed by atoms with Crippen LogP contribution in [0, 0.1) is 0 Å². The molecule has 0 bridgehead atoms. The Hall–Kier alpha value is -1.82. The standard InChI is InChI=1S/C12H17ClN4O2/c1-2-3-4-17(7-11(15)18)12(19)8-5-10(13)16-6-9(8)14/h5-6H,2-4,7,14H2,1H3,(H2,15,18). The predicted octanol–water partition coefficient (Wildman–Crippen LogP) is 1.04. The highest BCUT2D eigenvalue weighted by molar-refractivity contribution is 6.29. The molecule has 6 nitrogen and oxygen atoms in total. The molecule has 1 aromatic heterocycles. The highest BCUT2D eigenvalue weighted by atomic mass is 35.5. The highest BCUT2D eigenvalue weighted by Crippen LogP contribution is 2.17. The van der Waals surface area contributed by atoms with Gasteiger partial charge in [0, 0.05) is 6.54 Å². The molecule has 4 N–H and O–H groups in total. The Bertz CT molecular complexity index is 479. The number of pyridine rings is 1. The number of unbranched alkanes of at least 4 members (excludes halogenated alkanes) is 1. The van der Waals surface area contributed by atoms with E-state index in [2.05, 4.69) is 4.98 Å². The normalized spacial score (nSPS) is 10.2. The Morgan fingerprint density at radius 1 is 1.47 bits per heavy atom. The molecule has 0 aliphatic carbocycles. The molecule has 7 heteroatoms. The van der Waals surface area contributed by atoms with Crippen LogP contribution in [0.5, 0.6) is 0 Å². The monoisotopic (exact) mass is 284 g/mol. The maximum Gasteiger partial charge on any atom is 0.256 e. The SMILES string of the molecule is CCCCN(CC(N)=O)C(=O)c1cc(Cl)ncc1N. The maximum atomic E-state index is 12.3. The summed E-state index contributed by atoms with van der Waals surface area (Å²) in [5, 5.41) is 0.173. The number of hydrogen-bond acceptors (Lipinski definition) is 4. The van der Waals surface area contributed by atoms with Crippen LogP contribution in [0.25, 0.3) is 0 Å². The third-order valence-electron chi connectivity index (χ3n) is 2.55. The lowest BCUT2D eigenvalue weighted by molar-refractivity contribution is -0.118. The molecule has 0 aliphatic heterocycles. The van der Waals surface area contributed by atoms with E-state index in [1.54, 1.807) is 0 Å². The van der Waals surface area contributed by atoms with Gasteiger partial charge in [-0.15, -0.1) is 0 Å². The minimum atomic E-state index is -0.567. The number of rotatable bonds is 6. The number of amides is 2. The predicted molar refractivity (Wildman–Crippen MR) is 73.7 cm³/mol. The van der Waals surface area contributed by atoms with Gasteiger partial charge in [-0.2, -0.15) is 0 Å². The van der Waals surface area contributed by atoms with Crippen molar-refractivity contribution in [2.75, 3.05) is 18.8 Å². The summed E-state index contributed by atoms with van der Waals surface area (Å²) in [4.78, 5) is 28.5. The lowest BCUT2D eigenvalue weighted by atomic mass is 10.2. The summed E-state index contributed by atoms with van der Waals surface area (Å²) in [6.07, 6.45) is 2.99. The van der Waals surface area contributed by atoms with E-state index in [1.807, 2.05) is 6.92 Å². The van der Waals surface area contributed by atoms with Gasteiger partial charge in [-0.25, -0.2) is 4.98 Å². The molecule has 104 valence electrons. The van der Waals surface area contributed by atoms with Crippen LogP contribution in [0.3, 0.4) is 0 Å². The molecule has 0 aliphatic rings. The van der Waals surface area contributed by atoms with Crippen LogP contribution >= 0.6 is 11.6 Å². The first-order valence-corrected chi connectivity index (χ1v) is 6.32. The van der Waals surface area contributed by atoms with Gasteiger partial charge in [-0.3, -0.25) is 9.59 Å². The van der Waals surface area contributed by atoms with Gasteiger partial charge in [0.1, 0.15) is 5.15 Å². The van der Waals surface area contributed by atoms with Crippen molar-refractivity contribution in [3.63, 3.8) is 0 Å². The van der Waals surface area contributed by atoms with E-state index >= 15 is 0 Å². The van der Waals surface area contributed by atoms with E-state index in [1.165, 1.54) is 17.2 Å². The fourth-order valence-electron chi connectivity index (χ4n) is 1.59. The van der Waals surface area contributed by atoms with Crippen LogP contribution in [-0.4, -0.2) is 34.8 Å². The van der Waals surface area contributed by atoms with Crippen LogP contribution in [0.15, 0.2) is 12.3 Å². The van der Waals surface area contributed by atoms with E-state index in [0.29, 0.717) is 6.54 Å². The van der Waals surface area contributed by atoms with E-state index in [9.17, 15) is 9.59 Å². The van der Waals surface area contributed by atoms with Gasteiger partial charge in [-0.1, -0.05) is 24.9 Å². The second kappa shape index (κ2) is 6.94. The Morgan fingerprint density at radius 3 is 2.74 bits per heavy atom. The molecule has 2 amide bonds. The third-order valence-corrected chi connectivity index (χ3v) is 2.75. The van der Waals surface area contributed by atoms with Crippen molar-refractivity contribution in [2.45, 2.75) is 19.8 Å². The van der Waals surface area contributed by atoms with Crippen LogP contribution in [0.2, 0.25) is 5.15 Å². The van der Waals surface area contributed by atoms with Crippen molar-refractivity contribution < 1.29 is 9.59 Å². The summed E-state index contributed by atoms with van der Waals surface area (Å²) in [5.41, 5.74) is 11.3. The molecule has 0 aromatic carbocycles. The summed E-state index contributed by atoms with van der Waals surface area (Å²) >= 11 is 5.75. The van der Waals surface area contributed by atoms with Crippen molar-refractivity contribution in [2.24, 2.45) is 5.73 Å². The van der Waals surface area contributed by atoms with Crippen molar-refractivity contribution in [3.8, 4) is 0 Å². The number of primary amides is 1. The molecule has 1 aromatic rings. The van der Waals surface area contributed by atoms with Crippen LogP contribution < -0.4 is 11.5 Å². The number of nitrogens with zero attached hydrogens (tertiary/aromatic N) is 2. The molecule has 0 saturated carbocycles. The highest BCUT2D eigenvalue weighted by Gasteiger charge is 2.20. The Balaban J connectivity index is 2.97. The largest absolute Gasteiger partial charge is 0.397 e. The molecule has 0 radical (unpaired) electrons. The Labute approximate surface area is 116 Å². The van der Waals surface area contributed by atoms with Crippen LogP contribution in [-0.2, 0) is 4.79 Å². The fourth-order valence-corrected chi connectivity index (χ4v) is 1.74. The lowest BCUT2D eigenvalue weighted by Crippen LogP contribution is -2.39. The second-order valence-corrected chi connectivity index (χ2v) is 4.53. The number of aromatic nitrogens is 1. The molecule has 1 heterocycles. The van der Waals surface area contributed by atoms with Crippen LogP contribution in [0.4, 0.5) is 5.69 Å². The van der Waals surface area contributed by atoms with E-state index in [-0.39, 0.29) is 28.9 Å². The zero-order chi connectivity index (χ0) is 14.4. The number of carbonyl (C=O) groups excluding carboxylic acids is 2. The topological polar surface area (TPSA) is 102 Å². The number of nitrogen functional groups attached to an aromatic ring is 1. The smallest absolute Gasteiger partial charge is 0.256 e. The van der Waals surface area contributed by atoms with Crippen molar-refractivity contribution in [3.05, 3.63) is 23.0 Å². The Kier molecular flexibility index (Phi) is 5.57. The number of halogens is 1. The first kappa shape index (κ1) is 15.2. The summed E-state index contributed by atoms with van der Waals surface area (Å²) in [6, 6.07) is 1.39. The van der Waals surface area contributed by atoms with Gasteiger partial charge in [0.25, 0.3) is 5.91 Å². The Morgan fingerprint density at radius 2 is 2.16 bits per heavy atom. The molecule has 0 spiro atoms. The summed E-state index contributed by atoms with van der Waals surface area (Å²) in [7, 11) is 0. The maximum absolute atomic E-state index is 12.3. The number of anilines is 1. The summed E-state index contributed by atoms with van der Waals surface area (Å²) < 4.78 is 0. The van der Waals surface area contributed by atoms with Crippen molar-refractivity contribution >= 4 is 29.1 Å². The lowest BCUT2D eigenvalue weighted by Gasteiger charge is -2.21. The summed E-state index contributed by atoms with van der Waals surface area (Å²) in [5.74, 6) is -0.933. The van der Waals surface area contributed by atoms with Gasteiger partial charge in [0.15, 0.2) is 0 Å². The zero-order valence-electron chi connectivity index (χ0n) is 10.7. The average Bonchev–Trinajstić information content (AvgIpc) is 2.36. The minimum absolute atomic E-state index is 0.141. The van der Waals surface area contributed by atoms with Gasteiger partial charge in [0.05, 0.1) is 24.0 Å². The van der Waals surface area contributed by atoms with E-state index < -0.39 is 5.91 Å². The molecule has 0 saturated heterocycles.